The Balaban J connectivity index is 1.77. The zero-order valence-corrected chi connectivity index (χ0v) is 23.7. The van der Waals surface area contributed by atoms with Gasteiger partial charge in [0.15, 0.2) is 0 Å². The Bertz CT molecular complexity index is 791. The largest absolute Gasteiger partial charge is 0.393 e. The van der Waals surface area contributed by atoms with Crippen LogP contribution >= 0.6 is 0 Å². The van der Waals surface area contributed by atoms with Gasteiger partial charge in [0, 0.05) is 6.42 Å². The van der Waals surface area contributed by atoms with Crippen molar-refractivity contribution < 1.29 is 20.4 Å². The summed E-state index contributed by atoms with van der Waals surface area (Å²) in [5.41, 5.74) is 2.36. The Kier molecular flexibility index (Phi) is 9.74. The van der Waals surface area contributed by atoms with Gasteiger partial charge in [0.25, 0.3) is 0 Å². The van der Waals surface area contributed by atoms with Gasteiger partial charge in [0.2, 0.25) is 0 Å². The second-order valence-electron chi connectivity index (χ2n) is 13.8. The monoisotopic (exact) mass is 502 g/mol. The van der Waals surface area contributed by atoms with Gasteiger partial charge in [-0.2, -0.15) is 0 Å². The SMILES string of the molecule is C=C1/C(=C\C=C2CCC[C@@]3(C)C2CC[C@@H]3C(CCCC(C)(C)O)CCCC(C)(C)O)C[C@@H](O)CC1O. The minimum atomic E-state index is -0.639. The molecule has 3 rings (SSSR count). The number of aliphatic hydroxyl groups is 4. The van der Waals surface area contributed by atoms with Crippen LogP contribution in [0.1, 0.15) is 118 Å². The molecule has 4 heteroatoms. The third-order valence-corrected chi connectivity index (χ3v) is 9.60. The minimum Gasteiger partial charge on any atom is -0.393 e. The Morgan fingerprint density at radius 3 is 2.19 bits per heavy atom. The average molecular weight is 503 g/mol. The summed E-state index contributed by atoms with van der Waals surface area (Å²) in [5, 5.41) is 40.9. The van der Waals surface area contributed by atoms with E-state index >= 15 is 0 Å². The second kappa shape index (κ2) is 11.8. The van der Waals surface area contributed by atoms with Gasteiger partial charge < -0.3 is 20.4 Å². The van der Waals surface area contributed by atoms with E-state index in [2.05, 4.69) is 25.7 Å². The second-order valence-corrected chi connectivity index (χ2v) is 13.8. The van der Waals surface area contributed by atoms with Gasteiger partial charge in [-0.25, -0.2) is 0 Å². The fourth-order valence-electron chi connectivity index (χ4n) is 7.66. The van der Waals surface area contributed by atoms with E-state index in [-0.39, 0.29) is 0 Å². The summed E-state index contributed by atoms with van der Waals surface area (Å²) in [6, 6.07) is 0. The van der Waals surface area contributed by atoms with E-state index in [1.54, 1.807) is 0 Å². The number of fused-ring (bicyclic) bond motifs is 1. The molecule has 4 N–H and O–H groups in total. The van der Waals surface area contributed by atoms with E-state index in [4.69, 9.17) is 0 Å². The number of hydrogen-bond donors (Lipinski definition) is 4. The molecule has 0 heterocycles. The van der Waals surface area contributed by atoms with Gasteiger partial charge in [-0.15, -0.1) is 0 Å². The van der Waals surface area contributed by atoms with Gasteiger partial charge in [0.1, 0.15) is 0 Å². The molecule has 0 aliphatic heterocycles. The maximum Gasteiger partial charge on any atom is 0.0811 e. The van der Waals surface area contributed by atoms with E-state index in [0.717, 1.165) is 56.1 Å². The third kappa shape index (κ3) is 7.79. The van der Waals surface area contributed by atoms with E-state index in [9.17, 15) is 20.4 Å². The summed E-state index contributed by atoms with van der Waals surface area (Å²) in [6.07, 6.45) is 16.5. The first-order valence-electron chi connectivity index (χ1n) is 14.6. The first-order valence-corrected chi connectivity index (χ1v) is 14.6. The highest BCUT2D eigenvalue weighted by atomic mass is 16.3. The van der Waals surface area contributed by atoms with Crippen LogP contribution in [-0.2, 0) is 0 Å². The van der Waals surface area contributed by atoms with Crippen LogP contribution in [0.25, 0.3) is 0 Å². The average Bonchev–Trinajstić information content (AvgIpc) is 3.10. The Morgan fingerprint density at radius 2 is 1.61 bits per heavy atom. The first kappa shape index (κ1) is 29.6. The molecule has 36 heavy (non-hydrogen) atoms. The molecule has 3 aliphatic rings. The van der Waals surface area contributed by atoms with Crippen molar-refractivity contribution in [1.82, 2.24) is 0 Å². The summed E-state index contributed by atoms with van der Waals surface area (Å²) in [4.78, 5) is 0. The van der Waals surface area contributed by atoms with Crippen molar-refractivity contribution in [2.75, 3.05) is 0 Å². The van der Waals surface area contributed by atoms with Crippen LogP contribution in [-0.4, -0.2) is 43.8 Å². The van der Waals surface area contributed by atoms with Crippen LogP contribution in [0.4, 0.5) is 0 Å². The molecule has 0 amide bonds. The van der Waals surface area contributed by atoms with E-state index < -0.39 is 23.4 Å². The van der Waals surface area contributed by atoms with E-state index in [1.807, 2.05) is 27.7 Å². The molecule has 0 bridgehead atoms. The standard InChI is InChI=1S/C32H54O4/c1-22-25(20-26(33)21-29(22)34)14-13-24-12-9-19-32(6)27(15-16-28(24)32)23(10-7-17-30(2,3)35)11-8-18-31(4,5)36/h13-14,23,26-29,33-36H,1,7-12,15-21H2,2-6H3/b24-13?,25-14-/t26-,27-,28?,29?,32-/m1/s1. The van der Waals surface area contributed by atoms with Crippen LogP contribution in [0.2, 0.25) is 0 Å². The van der Waals surface area contributed by atoms with Crippen LogP contribution < -0.4 is 0 Å². The molecule has 0 aromatic rings. The quantitative estimate of drug-likeness (QED) is 0.270. The minimum absolute atomic E-state index is 0.291. The van der Waals surface area contributed by atoms with Gasteiger partial charge in [-0.05, 0) is 113 Å². The molecule has 3 aliphatic carbocycles. The zero-order valence-electron chi connectivity index (χ0n) is 23.7. The first-order chi connectivity index (χ1) is 16.7. The highest BCUT2D eigenvalue weighted by Gasteiger charge is 2.51. The number of rotatable bonds is 10. The van der Waals surface area contributed by atoms with Crippen molar-refractivity contribution >= 4 is 0 Å². The molecule has 206 valence electrons. The summed E-state index contributed by atoms with van der Waals surface area (Å²) < 4.78 is 0. The molecular formula is C32H54O4. The van der Waals surface area contributed by atoms with E-state index in [1.165, 1.54) is 31.3 Å². The highest BCUT2D eigenvalue weighted by molar-refractivity contribution is 5.38. The smallest absolute Gasteiger partial charge is 0.0811 e. The van der Waals surface area contributed by atoms with Gasteiger partial charge >= 0.3 is 0 Å². The van der Waals surface area contributed by atoms with Crippen LogP contribution in [0.15, 0.2) is 35.5 Å². The Labute approximate surface area is 220 Å². The molecule has 0 aromatic carbocycles. The van der Waals surface area contributed by atoms with E-state index in [0.29, 0.717) is 36.0 Å². The molecule has 0 saturated heterocycles. The molecule has 5 atom stereocenters. The molecule has 2 unspecified atom stereocenters. The summed E-state index contributed by atoms with van der Waals surface area (Å²) in [5.74, 6) is 1.90. The molecule has 0 spiro atoms. The number of aliphatic hydroxyl groups excluding tert-OH is 2. The third-order valence-electron chi connectivity index (χ3n) is 9.60. The summed E-state index contributed by atoms with van der Waals surface area (Å²) in [7, 11) is 0. The normalized spacial score (nSPS) is 34.1. The highest BCUT2D eigenvalue weighted by Crippen LogP contribution is 2.60. The van der Waals surface area contributed by atoms with Gasteiger partial charge in [-0.3, -0.25) is 0 Å². The van der Waals surface area contributed by atoms with Crippen LogP contribution in [0.5, 0.6) is 0 Å². The van der Waals surface area contributed by atoms with Crippen LogP contribution in [0.3, 0.4) is 0 Å². The van der Waals surface area contributed by atoms with Gasteiger partial charge in [-0.1, -0.05) is 56.9 Å². The summed E-state index contributed by atoms with van der Waals surface area (Å²) in [6.45, 7) is 14.3. The lowest BCUT2D eigenvalue weighted by atomic mass is 9.60. The maximum atomic E-state index is 10.3. The topological polar surface area (TPSA) is 80.9 Å². The Hall–Kier alpha value is -0.940. The van der Waals surface area contributed by atoms with Gasteiger partial charge in [0.05, 0.1) is 23.4 Å². The maximum absolute atomic E-state index is 10.3. The van der Waals surface area contributed by atoms with Crippen molar-refractivity contribution in [1.29, 1.82) is 0 Å². The number of hydrogen-bond acceptors (Lipinski definition) is 4. The fraction of sp³-hybridized carbons (Fsp3) is 0.812. The predicted octanol–water partition coefficient (Wildman–Crippen LogP) is 6.63. The van der Waals surface area contributed by atoms with Crippen molar-refractivity contribution in [2.45, 2.75) is 141 Å². The molecule has 3 saturated carbocycles. The molecule has 0 aromatic heterocycles. The van der Waals surface area contributed by atoms with Crippen molar-refractivity contribution in [3.63, 3.8) is 0 Å². The zero-order chi connectivity index (χ0) is 26.7. The van der Waals surface area contributed by atoms with Crippen molar-refractivity contribution in [2.24, 2.45) is 23.2 Å². The lowest BCUT2D eigenvalue weighted by molar-refractivity contribution is 0.0480. The number of allylic oxidation sites excluding steroid dienone is 3. The molecular weight excluding hydrogens is 448 g/mol. The van der Waals surface area contributed by atoms with Crippen LogP contribution in [0, 0.1) is 23.2 Å². The summed E-state index contributed by atoms with van der Waals surface area (Å²) >= 11 is 0. The molecule has 4 nitrogen and oxygen atoms in total. The van der Waals surface area contributed by atoms with Crippen molar-refractivity contribution in [3.8, 4) is 0 Å². The Morgan fingerprint density at radius 1 is 1.00 bits per heavy atom. The molecule has 0 radical (unpaired) electrons. The van der Waals surface area contributed by atoms with Crippen molar-refractivity contribution in [3.05, 3.63) is 35.5 Å². The fourth-order valence-corrected chi connectivity index (χ4v) is 7.66. The lowest BCUT2D eigenvalue weighted by Crippen LogP contribution is -2.37. The lowest BCUT2D eigenvalue weighted by Gasteiger charge is -2.45. The molecule has 3 fully saturated rings. The predicted molar refractivity (Wildman–Crippen MR) is 149 cm³/mol.